The number of nitrogens with zero attached hydrogens (tertiary/aromatic N) is 2. The second-order valence-electron chi connectivity index (χ2n) is 5.82. The monoisotopic (exact) mass is 322 g/mol. The molecule has 1 aliphatic heterocycles. The highest BCUT2D eigenvalue weighted by molar-refractivity contribution is 5.94. The molecule has 1 fully saturated rings. The third-order valence-corrected chi connectivity index (χ3v) is 4.31. The van der Waals surface area contributed by atoms with Crippen LogP contribution in [0.15, 0.2) is 24.3 Å². The number of carbonyl (C=O) groups is 2. The first-order valence-corrected chi connectivity index (χ1v) is 7.89. The van der Waals surface area contributed by atoms with Gasteiger partial charge in [0.2, 0.25) is 5.91 Å². The molecule has 1 aliphatic rings. The molecule has 2 amide bonds. The molecule has 126 valence electrons. The van der Waals surface area contributed by atoms with E-state index in [-0.39, 0.29) is 24.0 Å². The van der Waals surface area contributed by atoms with Crippen molar-refractivity contribution in [3.63, 3.8) is 0 Å². The van der Waals surface area contributed by atoms with Crippen molar-refractivity contribution in [3.05, 3.63) is 30.1 Å². The van der Waals surface area contributed by atoms with Crippen LogP contribution in [0.1, 0.15) is 26.7 Å². The number of methoxy groups -OCH3 is 1. The van der Waals surface area contributed by atoms with Gasteiger partial charge in [0.25, 0.3) is 0 Å². The highest BCUT2D eigenvalue weighted by Crippen LogP contribution is 2.30. The number of hydrogen-bond acceptors (Lipinski definition) is 3. The van der Waals surface area contributed by atoms with E-state index in [0.29, 0.717) is 31.6 Å². The molecule has 0 bridgehead atoms. The summed E-state index contributed by atoms with van der Waals surface area (Å²) in [5, 5.41) is 0. The zero-order chi connectivity index (χ0) is 17.0. The molecular formula is C17H23FN2O3. The van der Waals surface area contributed by atoms with E-state index in [9.17, 15) is 14.0 Å². The molecule has 6 heteroatoms. The number of ether oxygens (including phenoxy) is 1. The van der Waals surface area contributed by atoms with Gasteiger partial charge in [-0.25, -0.2) is 9.18 Å². The fourth-order valence-corrected chi connectivity index (χ4v) is 3.13. The minimum atomic E-state index is -0.406. The lowest BCUT2D eigenvalue weighted by Gasteiger charge is -2.42. The van der Waals surface area contributed by atoms with Gasteiger partial charge >= 0.3 is 6.09 Å². The summed E-state index contributed by atoms with van der Waals surface area (Å²) in [4.78, 5) is 27.3. The number of anilines is 1. The summed E-state index contributed by atoms with van der Waals surface area (Å²) >= 11 is 0. The fraction of sp³-hybridized carbons (Fsp3) is 0.529. The second kappa shape index (κ2) is 7.44. The molecule has 0 saturated carbocycles. The van der Waals surface area contributed by atoms with Crippen LogP contribution in [0.2, 0.25) is 0 Å². The minimum Gasteiger partial charge on any atom is -0.453 e. The van der Waals surface area contributed by atoms with Crippen LogP contribution in [0.3, 0.4) is 0 Å². The molecule has 5 nitrogen and oxygen atoms in total. The van der Waals surface area contributed by atoms with Gasteiger partial charge < -0.3 is 14.5 Å². The van der Waals surface area contributed by atoms with E-state index in [4.69, 9.17) is 4.74 Å². The van der Waals surface area contributed by atoms with Crippen molar-refractivity contribution >= 4 is 17.7 Å². The van der Waals surface area contributed by atoms with Gasteiger partial charge in [-0.3, -0.25) is 4.79 Å². The number of likely N-dealkylation sites (tertiary alicyclic amines) is 1. The zero-order valence-corrected chi connectivity index (χ0v) is 13.8. The number of hydrogen-bond donors (Lipinski definition) is 0. The number of rotatable bonds is 3. The summed E-state index contributed by atoms with van der Waals surface area (Å²) in [7, 11) is 1.35. The average Bonchev–Trinajstić information content (AvgIpc) is 2.57. The lowest BCUT2D eigenvalue weighted by atomic mass is 9.91. The topological polar surface area (TPSA) is 49.9 Å². The lowest BCUT2D eigenvalue weighted by Crippen LogP contribution is -2.53. The van der Waals surface area contributed by atoms with Crippen molar-refractivity contribution < 1.29 is 18.7 Å². The average molecular weight is 322 g/mol. The Bertz CT molecular complexity index is 579. The molecule has 0 aromatic heterocycles. The van der Waals surface area contributed by atoms with Crippen molar-refractivity contribution in [1.82, 2.24) is 4.90 Å². The molecule has 0 unspecified atom stereocenters. The van der Waals surface area contributed by atoms with E-state index in [1.54, 1.807) is 34.9 Å². The maximum Gasteiger partial charge on any atom is 0.409 e. The predicted octanol–water partition coefficient (Wildman–Crippen LogP) is 3.05. The van der Waals surface area contributed by atoms with E-state index in [1.807, 2.05) is 6.92 Å². The molecule has 1 heterocycles. The molecule has 0 aliphatic carbocycles. The third kappa shape index (κ3) is 3.63. The normalized spacial score (nSPS) is 21.0. The van der Waals surface area contributed by atoms with Crippen molar-refractivity contribution in [2.75, 3.05) is 25.1 Å². The van der Waals surface area contributed by atoms with Gasteiger partial charge in [0.1, 0.15) is 5.82 Å². The second-order valence-corrected chi connectivity index (χ2v) is 5.82. The van der Waals surface area contributed by atoms with Gasteiger partial charge in [-0.1, -0.05) is 26.0 Å². The van der Waals surface area contributed by atoms with Crippen molar-refractivity contribution in [3.8, 4) is 0 Å². The Balaban J connectivity index is 2.26. The summed E-state index contributed by atoms with van der Waals surface area (Å²) in [5.74, 6) is -0.492. The van der Waals surface area contributed by atoms with Gasteiger partial charge in [0, 0.05) is 25.6 Å². The first-order chi connectivity index (χ1) is 11.0. The molecule has 2 atom stereocenters. The maximum absolute atomic E-state index is 14.2. The Hall–Kier alpha value is -2.11. The molecule has 23 heavy (non-hydrogen) atoms. The smallest absolute Gasteiger partial charge is 0.409 e. The predicted molar refractivity (Wildman–Crippen MR) is 85.7 cm³/mol. The van der Waals surface area contributed by atoms with Crippen molar-refractivity contribution in [1.29, 1.82) is 0 Å². The zero-order valence-electron chi connectivity index (χ0n) is 13.8. The lowest BCUT2D eigenvalue weighted by molar-refractivity contribution is -0.119. The number of amides is 2. The van der Waals surface area contributed by atoms with E-state index in [1.165, 1.54) is 13.2 Å². The highest BCUT2D eigenvalue weighted by Gasteiger charge is 2.36. The fourth-order valence-electron chi connectivity index (χ4n) is 3.13. The van der Waals surface area contributed by atoms with E-state index in [0.717, 1.165) is 0 Å². The molecule has 1 aromatic carbocycles. The molecule has 0 N–H and O–H groups in total. The summed E-state index contributed by atoms with van der Waals surface area (Å²) < 4.78 is 19.0. The number of benzene rings is 1. The van der Waals surface area contributed by atoms with Crippen molar-refractivity contribution in [2.45, 2.75) is 32.7 Å². The Morgan fingerprint density at radius 3 is 2.65 bits per heavy atom. The Morgan fingerprint density at radius 2 is 2.09 bits per heavy atom. The Labute approximate surface area is 136 Å². The van der Waals surface area contributed by atoms with Gasteiger partial charge in [0.15, 0.2) is 0 Å². The summed E-state index contributed by atoms with van der Waals surface area (Å²) in [6.07, 6.45) is 0.531. The SMILES string of the molecule is CCC(=O)N(c1ccccc1F)[C@H]1CCN(C(=O)OC)C[C@H]1C. The number of para-hydroxylation sites is 1. The number of piperidine rings is 1. The molecule has 2 rings (SSSR count). The Kier molecular flexibility index (Phi) is 5.58. The Morgan fingerprint density at radius 1 is 1.39 bits per heavy atom. The first-order valence-electron chi connectivity index (χ1n) is 7.89. The van der Waals surface area contributed by atoms with Crippen LogP contribution >= 0.6 is 0 Å². The number of carbonyl (C=O) groups excluding carboxylic acids is 2. The van der Waals surface area contributed by atoms with E-state index >= 15 is 0 Å². The van der Waals surface area contributed by atoms with Crippen LogP contribution in [-0.4, -0.2) is 43.1 Å². The molecule has 0 radical (unpaired) electrons. The molecule has 0 spiro atoms. The van der Waals surface area contributed by atoms with Gasteiger partial charge in [-0.05, 0) is 24.5 Å². The quantitative estimate of drug-likeness (QED) is 0.859. The van der Waals surface area contributed by atoms with Crippen LogP contribution in [0, 0.1) is 11.7 Å². The molecular weight excluding hydrogens is 299 g/mol. The van der Waals surface area contributed by atoms with Crippen LogP contribution in [-0.2, 0) is 9.53 Å². The van der Waals surface area contributed by atoms with Crippen LogP contribution in [0.4, 0.5) is 14.9 Å². The van der Waals surface area contributed by atoms with Gasteiger partial charge in [-0.15, -0.1) is 0 Å². The minimum absolute atomic E-state index is 0.0259. The van der Waals surface area contributed by atoms with E-state index in [2.05, 4.69) is 0 Å². The van der Waals surface area contributed by atoms with Crippen LogP contribution in [0.25, 0.3) is 0 Å². The van der Waals surface area contributed by atoms with E-state index < -0.39 is 5.82 Å². The van der Waals surface area contributed by atoms with Crippen LogP contribution < -0.4 is 4.90 Å². The standard InChI is InChI=1S/C17H23FN2O3/c1-4-16(21)20(15-8-6-5-7-13(15)18)14-9-10-19(11-12(14)2)17(22)23-3/h5-8,12,14H,4,9-11H2,1-3H3/t12-,14+/m1/s1. The molecule has 1 aromatic rings. The van der Waals surface area contributed by atoms with Crippen LogP contribution in [0.5, 0.6) is 0 Å². The molecule has 1 saturated heterocycles. The number of halogens is 1. The highest BCUT2D eigenvalue weighted by atomic mass is 19.1. The van der Waals surface area contributed by atoms with Gasteiger partial charge in [-0.2, -0.15) is 0 Å². The van der Waals surface area contributed by atoms with Gasteiger partial charge in [0.05, 0.1) is 12.8 Å². The summed E-state index contributed by atoms with van der Waals surface area (Å²) in [6.45, 7) is 4.71. The summed E-state index contributed by atoms with van der Waals surface area (Å²) in [5.41, 5.74) is 0.308. The van der Waals surface area contributed by atoms with Crippen molar-refractivity contribution in [2.24, 2.45) is 5.92 Å². The maximum atomic E-state index is 14.2. The third-order valence-electron chi connectivity index (χ3n) is 4.31. The largest absolute Gasteiger partial charge is 0.453 e. The summed E-state index contributed by atoms with van der Waals surface area (Å²) in [6, 6.07) is 6.18. The first kappa shape index (κ1) is 17.2.